The molecule has 1 heteroatoms. The first-order chi connectivity index (χ1) is 4.81. The van der Waals surface area contributed by atoms with Crippen molar-refractivity contribution in [2.45, 2.75) is 13.8 Å². The zero-order valence-electron chi connectivity index (χ0n) is 6.46. The average molecular weight is 135 g/mol. The summed E-state index contributed by atoms with van der Waals surface area (Å²) in [6.45, 7) is 3.98. The highest BCUT2D eigenvalue weighted by Gasteiger charge is 1.74. The first kappa shape index (κ1) is 8.89. The van der Waals surface area contributed by atoms with E-state index < -0.39 is 0 Å². The molecule has 0 amide bonds. The molecule has 0 aromatic carbocycles. The molecule has 1 N–H and O–H groups in total. The van der Waals surface area contributed by atoms with Gasteiger partial charge in [-0.25, -0.2) is 0 Å². The van der Waals surface area contributed by atoms with Gasteiger partial charge in [0, 0.05) is 6.21 Å². The van der Waals surface area contributed by atoms with Gasteiger partial charge in [0.05, 0.1) is 0 Å². The van der Waals surface area contributed by atoms with Crippen molar-refractivity contribution >= 4 is 6.21 Å². The number of nitrogens with one attached hydrogen (secondary N) is 1. The molecule has 54 valence electrons. The maximum atomic E-state index is 6.72. The van der Waals surface area contributed by atoms with Gasteiger partial charge in [0.1, 0.15) is 0 Å². The van der Waals surface area contributed by atoms with Crippen molar-refractivity contribution < 1.29 is 0 Å². The zero-order valence-corrected chi connectivity index (χ0v) is 6.46. The van der Waals surface area contributed by atoms with E-state index in [9.17, 15) is 0 Å². The summed E-state index contributed by atoms with van der Waals surface area (Å²) in [6, 6.07) is 0. The van der Waals surface area contributed by atoms with Gasteiger partial charge in [0.2, 0.25) is 0 Å². The van der Waals surface area contributed by atoms with Crippen molar-refractivity contribution in [2.75, 3.05) is 0 Å². The molecular formula is C9H13N. The van der Waals surface area contributed by atoms with Gasteiger partial charge in [-0.2, -0.15) is 0 Å². The number of hydrogen-bond donors (Lipinski definition) is 1. The summed E-state index contributed by atoms with van der Waals surface area (Å²) >= 11 is 0. The van der Waals surface area contributed by atoms with Crippen molar-refractivity contribution in [3.63, 3.8) is 0 Å². The Hall–Kier alpha value is -1.11. The van der Waals surface area contributed by atoms with Crippen LogP contribution in [0, 0.1) is 5.41 Å². The molecule has 0 rings (SSSR count). The predicted octanol–water partition coefficient (Wildman–Crippen LogP) is 2.71. The Morgan fingerprint density at radius 2 is 2.00 bits per heavy atom. The molecule has 0 heterocycles. The van der Waals surface area contributed by atoms with Crippen LogP contribution in [0.3, 0.4) is 0 Å². The van der Waals surface area contributed by atoms with Crippen LogP contribution < -0.4 is 0 Å². The molecule has 0 unspecified atom stereocenters. The second-order valence-corrected chi connectivity index (χ2v) is 1.96. The molecule has 0 spiro atoms. The lowest BCUT2D eigenvalue weighted by Crippen LogP contribution is -1.65. The largest absolute Gasteiger partial charge is 0.309 e. The lowest BCUT2D eigenvalue weighted by molar-refractivity contribution is 1.51. The van der Waals surface area contributed by atoms with Crippen LogP contribution >= 0.6 is 0 Å². The van der Waals surface area contributed by atoms with Gasteiger partial charge >= 0.3 is 0 Å². The molecule has 0 aliphatic rings. The Kier molecular flexibility index (Phi) is 5.35. The molecule has 0 fully saturated rings. The van der Waals surface area contributed by atoms with E-state index in [0.717, 1.165) is 5.57 Å². The molecule has 0 aromatic rings. The van der Waals surface area contributed by atoms with Gasteiger partial charge in [-0.05, 0) is 19.9 Å². The Morgan fingerprint density at radius 3 is 2.50 bits per heavy atom. The van der Waals surface area contributed by atoms with E-state index in [1.807, 2.05) is 38.2 Å². The molecule has 0 aliphatic heterocycles. The van der Waals surface area contributed by atoms with Crippen molar-refractivity contribution in [1.82, 2.24) is 0 Å². The second-order valence-electron chi connectivity index (χ2n) is 1.96. The summed E-state index contributed by atoms with van der Waals surface area (Å²) in [7, 11) is 0. The Morgan fingerprint density at radius 1 is 1.30 bits per heavy atom. The highest BCUT2D eigenvalue weighted by molar-refractivity contribution is 5.68. The van der Waals surface area contributed by atoms with Crippen LogP contribution in [0.1, 0.15) is 13.8 Å². The summed E-state index contributed by atoms with van der Waals surface area (Å²) in [5, 5.41) is 6.72. The summed E-state index contributed by atoms with van der Waals surface area (Å²) in [4.78, 5) is 0. The first-order valence-electron chi connectivity index (χ1n) is 3.28. The van der Waals surface area contributed by atoms with Crippen LogP contribution in [0.4, 0.5) is 0 Å². The van der Waals surface area contributed by atoms with Gasteiger partial charge in [-0.3, -0.25) is 0 Å². The second kappa shape index (κ2) is 6.02. The number of rotatable bonds is 3. The van der Waals surface area contributed by atoms with Crippen molar-refractivity contribution in [3.05, 3.63) is 36.0 Å². The summed E-state index contributed by atoms with van der Waals surface area (Å²) in [6.07, 6.45) is 10.8. The van der Waals surface area contributed by atoms with Crippen LogP contribution in [-0.2, 0) is 0 Å². The van der Waals surface area contributed by atoms with Crippen molar-refractivity contribution in [2.24, 2.45) is 0 Å². The Labute approximate surface area is 62.3 Å². The standard InChI is InChI=1S/C9H13N/c1-3-4-6-9(2)7-5-8-10/h3-8,10H,1-2H3/b4-3-,7-5-,9-6+,10-8?. The fraction of sp³-hybridized carbons (Fsp3) is 0.222. The molecule has 10 heavy (non-hydrogen) atoms. The van der Waals surface area contributed by atoms with E-state index in [-0.39, 0.29) is 0 Å². The lowest BCUT2D eigenvalue weighted by atomic mass is 10.2. The van der Waals surface area contributed by atoms with E-state index in [1.54, 1.807) is 6.08 Å². The van der Waals surface area contributed by atoms with E-state index in [2.05, 4.69) is 0 Å². The van der Waals surface area contributed by atoms with Gasteiger partial charge in [0.15, 0.2) is 0 Å². The van der Waals surface area contributed by atoms with Gasteiger partial charge < -0.3 is 5.41 Å². The molecule has 0 aliphatic carbocycles. The minimum atomic E-state index is 1.15. The molecule has 0 radical (unpaired) electrons. The van der Waals surface area contributed by atoms with Crippen LogP contribution in [0.5, 0.6) is 0 Å². The Bertz CT molecular complexity index is 173. The predicted molar refractivity (Wildman–Crippen MR) is 46.5 cm³/mol. The maximum absolute atomic E-state index is 6.72. The molecule has 1 nitrogen and oxygen atoms in total. The zero-order chi connectivity index (χ0) is 7.82. The SMILES string of the molecule is C\C=C/C=C(C)/C=C\C=N. The van der Waals surface area contributed by atoms with Gasteiger partial charge in [-0.15, -0.1) is 0 Å². The smallest absolute Gasteiger partial charge is 0.0177 e. The van der Waals surface area contributed by atoms with E-state index >= 15 is 0 Å². The van der Waals surface area contributed by atoms with E-state index in [4.69, 9.17) is 5.41 Å². The van der Waals surface area contributed by atoms with Crippen LogP contribution in [-0.4, -0.2) is 6.21 Å². The quantitative estimate of drug-likeness (QED) is 0.454. The Balaban J connectivity index is 3.93. The van der Waals surface area contributed by atoms with Gasteiger partial charge in [0.25, 0.3) is 0 Å². The lowest BCUT2D eigenvalue weighted by Gasteiger charge is -1.84. The molecule has 0 aromatic heterocycles. The summed E-state index contributed by atoms with van der Waals surface area (Å²) in [5.41, 5.74) is 1.15. The highest BCUT2D eigenvalue weighted by Crippen LogP contribution is 1.93. The van der Waals surface area contributed by atoms with Crippen molar-refractivity contribution in [3.8, 4) is 0 Å². The number of hydrogen-bond acceptors (Lipinski definition) is 1. The van der Waals surface area contributed by atoms with E-state index in [0.29, 0.717) is 0 Å². The minimum absolute atomic E-state index is 1.15. The molecule has 0 atom stereocenters. The van der Waals surface area contributed by atoms with Crippen LogP contribution in [0.25, 0.3) is 0 Å². The summed E-state index contributed by atoms with van der Waals surface area (Å²) < 4.78 is 0. The van der Waals surface area contributed by atoms with Crippen LogP contribution in [0.2, 0.25) is 0 Å². The molecule has 0 bridgehead atoms. The summed E-state index contributed by atoms with van der Waals surface area (Å²) in [5.74, 6) is 0. The minimum Gasteiger partial charge on any atom is -0.309 e. The third kappa shape index (κ3) is 5.04. The number of allylic oxidation sites excluding steroid dienone is 6. The highest BCUT2D eigenvalue weighted by atomic mass is 14.3. The maximum Gasteiger partial charge on any atom is 0.0177 e. The molecule has 0 saturated heterocycles. The third-order valence-electron chi connectivity index (χ3n) is 1.01. The molecule has 0 saturated carbocycles. The fourth-order valence-electron chi connectivity index (χ4n) is 0.503. The fourth-order valence-corrected chi connectivity index (χ4v) is 0.503. The van der Waals surface area contributed by atoms with E-state index in [1.165, 1.54) is 6.21 Å². The van der Waals surface area contributed by atoms with Crippen LogP contribution in [0.15, 0.2) is 36.0 Å². The third-order valence-corrected chi connectivity index (χ3v) is 1.01. The normalized spacial score (nSPS) is 13.2. The molecular weight excluding hydrogens is 122 g/mol. The van der Waals surface area contributed by atoms with Crippen molar-refractivity contribution in [1.29, 1.82) is 5.41 Å². The van der Waals surface area contributed by atoms with Gasteiger partial charge in [-0.1, -0.05) is 29.9 Å². The topological polar surface area (TPSA) is 23.9 Å². The monoisotopic (exact) mass is 135 g/mol. The first-order valence-corrected chi connectivity index (χ1v) is 3.28. The average Bonchev–Trinajstić information content (AvgIpc) is 1.97.